The third kappa shape index (κ3) is 1.88. The van der Waals surface area contributed by atoms with Crippen molar-refractivity contribution in [1.82, 2.24) is 14.5 Å². The molecule has 0 saturated carbocycles. The summed E-state index contributed by atoms with van der Waals surface area (Å²) in [7, 11) is 1.56. The minimum absolute atomic E-state index is 0.272. The summed E-state index contributed by atoms with van der Waals surface area (Å²) in [6.07, 6.45) is 3.70. The number of fused-ring (bicyclic) bond motifs is 3. The minimum atomic E-state index is -0.272. The minimum Gasteiger partial charge on any atom is -0.481 e. The van der Waals surface area contributed by atoms with Gasteiger partial charge in [0.1, 0.15) is 11.6 Å². The molecule has 4 rings (SSSR count). The van der Waals surface area contributed by atoms with Gasteiger partial charge in [-0.3, -0.25) is 0 Å². The highest BCUT2D eigenvalue weighted by Gasteiger charge is 2.18. The maximum atomic E-state index is 14.3. The number of hydrogen-bond acceptors (Lipinski definition) is 3. The second-order valence-corrected chi connectivity index (χ2v) is 5.19. The summed E-state index contributed by atoms with van der Waals surface area (Å²) in [5.74, 6) is 1.30. The first-order chi connectivity index (χ1) is 10.3. The summed E-state index contributed by atoms with van der Waals surface area (Å²) >= 11 is 0. The fourth-order valence-corrected chi connectivity index (χ4v) is 2.91. The number of halogens is 1. The number of hydrogen-bond donors (Lipinski definition) is 0. The lowest BCUT2D eigenvalue weighted by Crippen LogP contribution is -1.93. The van der Waals surface area contributed by atoms with E-state index in [-0.39, 0.29) is 5.82 Å². The molecule has 1 aromatic carbocycles. The Hall–Kier alpha value is -2.43. The predicted molar refractivity (Wildman–Crippen MR) is 77.8 cm³/mol. The predicted octanol–water partition coefficient (Wildman–Crippen LogP) is 3.19. The number of methoxy groups -OCH3 is 1. The Kier molecular flexibility index (Phi) is 2.67. The van der Waals surface area contributed by atoms with Crippen LogP contribution in [0.15, 0.2) is 30.5 Å². The van der Waals surface area contributed by atoms with Crippen molar-refractivity contribution in [2.75, 3.05) is 7.11 Å². The van der Waals surface area contributed by atoms with Crippen molar-refractivity contribution in [3.63, 3.8) is 0 Å². The van der Waals surface area contributed by atoms with E-state index in [9.17, 15) is 4.39 Å². The Morgan fingerprint density at radius 1 is 1.29 bits per heavy atom. The van der Waals surface area contributed by atoms with Gasteiger partial charge >= 0.3 is 0 Å². The number of imidazole rings is 1. The molecule has 3 heterocycles. The van der Waals surface area contributed by atoms with Crippen LogP contribution in [0.25, 0.3) is 22.2 Å². The van der Waals surface area contributed by atoms with Crippen molar-refractivity contribution in [2.45, 2.75) is 19.4 Å². The van der Waals surface area contributed by atoms with Crippen LogP contribution in [0.4, 0.5) is 4.39 Å². The lowest BCUT2D eigenvalue weighted by atomic mass is 10.1. The lowest BCUT2D eigenvalue weighted by molar-refractivity contribution is 0.398. The third-order valence-electron chi connectivity index (χ3n) is 3.95. The monoisotopic (exact) mass is 283 g/mol. The highest BCUT2D eigenvalue weighted by Crippen LogP contribution is 2.30. The van der Waals surface area contributed by atoms with Crippen molar-refractivity contribution < 1.29 is 9.13 Å². The van der Waals surface area contributed by atoms with Gasteiger partial charge in [0, 0.05) is 42.4 Å². The van der Waals surface area contributed by atoms with Crippen LogP contribution in [0.3, 0.4) is 0 Å². The Morgan fingerprint density at radius 2 is 2.19 bits per heavy atom. The summed E-state index contributed by atoms with van der Waals surface area (Å²) < 4.78 is 21.6. The average Bonchev–Trinajstić information content (AvgIpc) is 3.07. The normalized spacial score (nSPS) is 13.6. The van der Waals surface area contributed by atoms with Crippen molar-refractivity contribution in [1.29, 1.82) is 0 Å². The van der Waals surface area contributed by atoms with E-state index in [1.54, 1.807) is 19.4 Å². The van der Waals surface area contributed by atoms with Crippen molar-refractivity contribution >= 4 is 11.0 Å². The van der Waals surface area contributed by atoms with Crippen LogP contribution in [0, 0.1) is 5.82 Å². The van der Waals surface area contributed by atoms with Crippen LogP contribution < -0.4 is 4.74 Å². The number of ether oxygens (including phenoxy) is 1. The fraction of sp³-hybridized carbons (Fsp3) is 0.250. The molecule has 0 unspecified atom stereocenters. The zero-order valence-electron chi connectivity index (χ0n) is 11.6. The zero-order valence-corrected chi connectivity index (χ0v) is 11.6. The Morgan fingerprint density at radius 3 is 2.95 bits per heavy atom. The quantitative estimate of drug-likeness (QED) is 0.725. The van der Waals surface area contributed by atoms with E-state index in [2.05, 4.69) is 14.5 Å². The van der Waals surface area contributed by atoms with E-state index >= 15 is 0 Å². The Bertz CT molecular complexity index is 824. The van der Waals surface area contributed by atoms with Crippen molar-refractivity contribution in [3.8, 4) is 17.0 Å². The molecule has 4 nitrogen and oxygen atoms in total. The zero-order chi connectivity index (χ0) is 14.4. The van der Waals surface area contributed by atoms with Gasteiger partial charge in [-0.15, -0.1) is 0 Å². The molecule has 0 amide bonds. The standard InChI is InChI=1S/C16H14FN3O/c1-21-16-5-4-10(9-18-16)11-7-14-13(8-12(11)17)19-15-3-2-6-20(14)15/h4-5,7-9H,2-3,6H2,1H3. The van der Waals surface area contributed by atoms with Crippen LogP contribution in [0.5, 0.6) is 5.88 Å². The number of aryl methyl sites for hydroxylation is 2. The molecule has 0 atom stereocenters. The summed E-state index contributed by atoms with van der Waals surface area (Å²) in [5, 5.41) is 0. The molecule has 0 aliphatic carbocycles. The highest BCUT2D eigenvalue weighted by atomic mass is 19.1. The lowest BCUT2D eigenvalue weighted by Gasteiger charge is -2.06. The second kappa shape index (κ2) is 4.55. The first-order valence-corrected chi connectivity index (χ1v) is 6.95. The largest absolute Gasteiger partial charge is 0.481 e. The van der Waals surface area contributed by atoms with Gasteiger partial charge in [-0.1, -0.05) is 0 Å². The van der Waals surface area contributed by atoms with Crippen LogP contribution in [-0.2, 0) is 13.0 Å². The van der Waals surface area contributed by atoms with Gasteiger partial charge in [-0.2, -0.15) is 0 Å². The van der Waals surface area contributed by atoms with Gasteiger partial charge in [0.25, 0.3) is 0 Å². The average molecular weight is 283 g/mol. The summed E-state index contributed by atoms with van der Waals surface area (Å²) in [4.78, 5) is 8.65. The van der Waals surface area contributed by atoms with Gasteiger partial charge < -0.3 is 9.30 Å². The maximum absolute atomic E-state index is 14.3. The molecular formula is C16H14FN3O. The summed E-state index contributed by atoms with van der Waals surface area (Å²) in [6, 6.07) is 6.94. The topological polar surface area (TPSA) is 39.9 Å². The van der Waals surface area contributed by atoms with Gasteiger partial charge in [-0.05, 0) is 18.6 Å². The molecule has 106 valence electrons. The third-order valence-corrected chi connectivity index (χ3v) is 3.95. The molecule has 0 spiro atoms. The van der Waals surface area contributed by atoms with Crippen LogP contribution in [0.2, 0.25) is 0 Å². The van der Waals surface area contributed by atoms with Crippen LogP contribution in [-0.4, -0.2) is 21.6 Å². The number of rotatable bonds is 2. The Labute approximate surface area is 121 Å². The van der Waals surface area contributed by atoms with E-state index in [0.717, 1.165) is 41.8 Å². The molecule has 0 fully saturated rings. The molecular weight excluding hydrogens is 269 g/mol. The smallest absolute Gasteiger partial charge is 0.212 e. The molecule has 21 heavy (non-hydrogen) atoms. The number of nitrogens with zero attached hydrogens (tertiary/aromatic N) is 3. The number of pyridine rings is 1. The SMILES string of the molecule is COc1ccc(-c2cc3c(cc2F)nc2n3CCC2)cn1. The molecule has 1 aliphatic heterocycles. The molecule has 1 aliphatic rings. The van der Waals surface area contributed by atoms with Crippen molar-refractivity contribution in [3.05, 3.63) is 42.1 Å². The molecule has 3 aromatic rings. The molecule has 0 N–H and O–H groups in total. The van der Waals surface area contributed by atoms with Gasteiger partial charge in [0.05, 0.1) is 18.1 Å². The molecule has 5 heteroatoms. The van der Waals surface area contributed by atoms with Crippen LogP contribution >= 0.6 is 0 Å². The molecule has 0 saturated heterocycles. The fourth-order valence-electron chi connectivity index (χ4n) is 2.91. The van der Waals surface area contributed by atoms with Gasteiger partial charge in [0.2, 0.25) is 5.88 Å². The Balaban J connectivity index is 1.89. The van der Waals surface area contributed by atoms with E-state index in [4.69, 9.17) is 4.74 Å². The first kappa shape index (κ1) is 12.3. The second-order valence-electron chi connectivity index (χ2n) is 5.19. The highest BCUT2D eigenvalue weighted by molar-refractivity contribution is 5.83. The first-order valence-electron chi connectivity index (χ1n) is 6.95. The maximum Gasteiger partial charge on any atom is 0.212 e. The van der Waals surface area contributed by atoms with E-state index in [0.29, 0.717) is 11.4 Å². The number of benzene rings is 1. The van der Waals surface area contributed by atoms with Gasteiger partial charge in [-0.25, -0.2) is 14.4 Å². The van der Waals surface area contributed by atoms with Gasteiger partial charge in [0.15, 0.2) is 0 Å². The van der Waals surface area contributed by atoms with Crippen LogP contribution in [0.1, 0.15) is 12.2 Å². The number of aromatic nitrogens is 3. The van der Waals surface area contributed by atoms with E-state index in [1.807, 2.05) is 12.1 Å². The van der Waals surface area contributed by atoms with E-state index < -0.39 is 0 Å². The summed E-state index contributed by atoms with van der Waals surface area (Å²) in [6.45, 7) is 0.956. The van der Waals surface area contributed by atoms with E-state index in [1.165, 1.54) is 6.07 Å². The molecule has 0 bridgehead atoms. The summed E-state index contributed by atoms with van der Waals surface area (Å²) in [5.41, 5.74) is 3.01. The molecule has 2 aromatic heterocycles. The molecule has 0 radical (unpaired) electrons. The van der Waals surface area contributed by atoms with Crippen molar-refractivity contribution in [2.24, 2.45) is 0 Å².